The molecule has 172 valence electrons. The lowest BCUT2D eigenvalue weighted by Crippen LogP contribution is -2.50. The van der Waals surface area contributed by atoms with E-state index in [-0.39, 0.29) is 17.6 Å². The first-order valence-electron chi connectivity index (χ1n) is 11.3. The van der Waals surface area contributed by atoms with E-state index in [1.54, 1.807) is 12.1 Å². The summed E-state index contributed by atoms with van der Waals surface area (Å²) in [4.78, 5) is 2.18. The van der Waals surface area contributed by atoms with Gasteiger partial charge in [-0.25, -0.2) is 0 Å². The van der Waals surface area contributed by atoms with Crippen molar-refractivity contribution in [2.45, 2.75) is 31.0 Å². The summed E-state index contributed by atoms with van der Waals surface area (Å²) >= 11 is 0. The second-order valence-electron chi connectivity index (χ2n) is 8.59. The summed E-state index contributed by atoms with van der Waals surface area (Å²) in [7, 11) is 0. The lowest BCUT2D eigenvalue weighted by molar-refractivity contribution is -0.0300. The van der Waals surface area contributed by atoms with Gasteiger partial charge < -0.3 is 23.9 Å². The average Bonchev–Trinajstić information content (AvgIpc) is 3.34. The molecular formula is C25H23N5O4. The molecule has 34 heavy (non-hydrogen) atoms. The standard InChI is InChI=1S/C25H23N5O4/c31-20-16-25(34-21-9-5-4-8-18(20)21)12-14-30(15-13-25)22-11-10-19(26-27-22)23-28-29-24(33-23)32-17-6-2-1-3-7-17/h1-11,20,31H,12-16H2. The Balaban J connectivity index is 1.11. The topological polar surface area (TPSA) is 107 Å². The van der Waals surface area contributed by atoms with Gasteiger partial charge in [0.1, 0.15) is 17.1 Å². The van der Waals surface area contributed by atoms with Crippen LogP contribution in [0.25, 0.3) is 11.6 Å². The summed E-state index contributed by atoms with van der Waals surface area (Å²) in [5.74, 6) is 2.41. The van der Waals surface area contributed by atoms with Crippen molar-refractivity contribution in [1.82, 2.24) is 20.4 Å². The number of para-hydroxylation sites is 2. The normalized spacial score (nSPS) is 18.9. The molecule has 4 heterocycles. The van der Waals surface area contributed by atoms with E-state index in [1.807, 2.05) is 54.6 Å². The van der Waals surface area contributed by atoms with Gasteiger partial charge in [-0.1, -0.05) is 41.5 Å². The van der Waals surface area contributed by atoms with Crippen molar-refractivity contribution < 1.29 is 19.0 Å². The molecule has 4 aromatic rings. The largest absolute Gasteiger partial charge is 0.487 e. The zero-order chi connectivity index (χ0) is 23.0. The fraction of sp³-hybridized carbons (Fsp3) is 0.280. The van der Waals surface area contributed by atoms with Crippen LogP contribution in [0.1, 0.15) is 30.9 Å². The Morgan fingerprint density at radius 2 is 1.68 bits per heavy atom. The number of fused-ring (bicyclic) bond motifs is 1. The van der Waals surface area contributed by atoms with Crippen molar-refractivity contribution in [2.24, 2.45) is 0 Å². The maximum atomic E-state index is 10.6. The zero-order valence-corrected chi connectivity index (χ0v) is 18.4. The van der Waals surface area contributed by atoms with E-state index in [0.717, 1.165) is 43.1 Å². The Bertz CT molecular complexity index is 1270. The molecule has 2 aliphatic heterocycles. The Morgan fingerprint density at radius 3 is 2.47 bits per heavy atom. The first kappa shape index (κ1) is 20.6. The van der Waals surface area contributed by atoms with Gasteiger partial charge in [0.2, 0.25) is 0 Å². The summed E-state index contributed by atoms with van der Waals surface area (Å²) in [6, 6.07) is 20.7. The van der Waals surface area contributed by atoms with Crippen LogP contribution < -0.4 is 14.4 Å². The van der Waals surface area contributed by atoms with E-state index in [1.165, 1.54) is 0 Å². The third-order valence-electron chi connectivity index (χ3n) is 6.39. The molecule has 2 aromatic heterocycles. The second kappa shape index (κ2) is 8.42. The van der Waals surface area contributed by atoms with E-state index >= 15 is 0 Å². The van der Waals surface area contributed by atoms with E-state index in [4.69, 9.17) is 13.9 Å². The molecule has 0 aliphatic carbocycles. The van der Waals surface area contributed by atoms with Gasteiger partial charge in [-0.05, 0) is 30.3 Å². The van der Waals surface area contributed by atoms with Crippen molar-refractivity contribution in [3.63, 3.8) is 0 Å². The smallest absolute Gasteiger partial charge is 0.420 e. The molecule has 1 atom stereocenters. The number of aliphatic hydroxyl groups excluding tert-OH is 1. The summed E-state index contributed by atoms with van der Waals surface area (Å²) < 4.78 is 17.5. The molecule has 1 unspecified atom stereocenters. The third-order valence-corrected chi connectivity index (χ3v) is 6.39. The van der Waals surface area contributed by atoms with Crippen LogP contribution >= 0.6 is 0 Å². The van der Waals surface area contributed by atoms with E-state index in [0.29, 0.717) is 17.9 Å². The zero-order valence-electron chi connectivity index (χ0n) is 18.4. The highest BCUT2D eigenvalue weighted by Crippen LogP contribution is 2.44. The fourth-order valence-corrected chi connectivity index (χ4v) is 4.59. The maximum Gasteiger partial charge on any atom is 0.420 e. The Labute approximate surface area is 196 Å². The lowest BCUT2D eigenvalue weighted by Gasteiger charge is -2.46. The van der Waals surface area contributed by atoms with Crippen molar-refractivity contribution in [3.05, 3.63) is 72.3 Å². The highest BCUT2D eigenvalue weighted by molar-refractivity contribution is 5.50. The van der Waals surface area contributed by atoms with Crippen LogP contribution in [0.15, 0.2) is 71.1 Å². The van der Waals surface area contributed by atoms with Crippen LogP contribution in [0.2, 0.25) is 0 Å². The molecule has 1 fully saturated rings. The van der Waals surface area contributed by atoms with Gasteiger partial charge in [-0.15, -0.1) is 15.3 Å². The third kappa shape index (κ3) is 3.94. The molecule has 0 bridgehead atoms. The summed E-state index contributed by atoms with van der Waals surface area (Å²) in [6.07, 6.45) is 1.75. The number of aliphatic hydroxyl groups is 1. The molecule has 0 saturated carbocycles. The van der Waals surface area contributed by atoms with Gasteiger partial charge in [0, 0.05) is 37.9 Å². The van der Waals surface area contributed by atoms with Crippen LogP contribution in [0.3, 0.4) is 0 Å². The Kier molecular flexibility index (Phi) is 5.10. The quantitative estimate of drug-likeness (QED) is 0.483. The van der Waals surface area contributed by atoms with Crippen LogP contribution in [0.5, 0.6) is 17.6 Å². The molecule has 1 spiro atoms. The van der Waals surface area contributed by atoms with Gasteiger partial charge in [0.15, 0.2) is 11.5 Å². The average molecular weight is 457 g/mol. The highest BCUT2D eigenvalue weighted by Gasteiger charge is 2.43. The van der Waals surface area contributed by atoms with Crippen molar-refractivity contribution in [2.75, 3.05) is 18.0 Å². The molecule has 2 aliphatic rings. The number of rotatable bonds is 4. The van der Waals surface area contributed by atoms with Gasteiger partial charge >= 0.3 is 6.08 Å². The number of benzene rings is 2. The van der Waals surface area contributed by atoms with Gasteiger partial charge in [0.05, 0.1) is 6.10 Å². The molecule has 6 rings (SSSR count). The van der Waals surface area contributed by atoms with Crippen molar-refractivity contribution in [1.29, 1.82) is 0 Å². The number of piperidine rings is 1. The predicted molar refractivity (Wildman–Crippen MR) is 123 cm³/mol. The Hall–Kier alpha value is -3.98. The first-order valence-corrected chi connectivity index (χ1v) is 11.3. The number of ether oxygens (including phenoxy) is 2. The highest BCUT2D eigenvalue weighted by atomic mass is 16.6. The molecule has 2 aromatic carbocycles. The van der Waals surface area contributed by atoms with Crippen LogP contribution in [0, 0.1) is 0 Å². The minimum absolute atomic E-state index is 0.0460. The molecule has 9 nitrogen and oxygen atoms in total. The monoisotopic (exact) mass is 457 g/mol. The van der Waals surface area contributed by atoms with Crippen LogP contribution in [0.4, 0.5) is 5.82 Å². The summed E-state index contributed by atoms with van der Waals surface area (Å²) in [5.41, 5.74) is 0.995. The number of hydrogen-bond donors (Lipinski definition) is 1. The second-order valence-corrected chi connectivity index (χ2v) is 8.59. The molecule has 1 N–H and O–H groups in total. The fourth-order valence-electron chi connectivity index (χ4n) is 4.59. The van der Waals surface area contributed by atoms with Crippen molar-refractivity contribution >= 4 is 5.82 Å². The first-order chi connectivity index (χ1) is 16.7. The predicted octanol–water partition coefficient (Wildman–Crippen LogP) is 4.17. The molecule has 9 heteroatoms. The number of aromatic nitrogens is 4. The van der Waals surface area contributed by atoms with E-state index in [2.05, 4.69) is 25.3 Å². The van der Waals surface area contributed by atoms with Crippen LogP contribution in [-0.2, 0) is 0 Å². The summed E-state index contributed by atoms with van der Waals surface area (Å²) in [5, 5.41) is 27.2. The number of anilines is 1. The Morgan fingerprint density at radius 1 is 0.882 bits per heavy atom. The van der Waals surface area contributed by atoms with Gasteiger partial charge in [-0.2, -0.15) is 0 Å². The lowest BCUT2D eigenvalue weighted by atomic mass is 9.81. The molecular weight excluding hydrogens is 434 g/mol. The summed E-state index contributed by atoms with van der Waals surface area (Å²) in [6.45, 7) is 1.52. The minimum atomic E-state index is -0.499. The molecule has 0 radical (unpaired) electrons. The van der Waals surface area contributed by atoms with Gasteiger partial charge in [-0.3, -0.25) is 0 Å². The molecule has 0 amide bonds. The van der Waals surface area contributed by atoms with Crippen molar-refractivity contribution in [3.8, 4) is 29.2 Å². The van der Waals surface area contributed by atoms with Gasteiger partial charge in [0.25, 0.3) is 5.89 Å². The number of nitrogens with zero attached hydrogens (tertiary/aromatic N) is 5. The molecule has 1 saturated heterocycles. The number of hydrogen-bond acceptors (Lipinski definition) is 9. The van der Waals surface area contributed by atoms with E-state index < -0.39 is 6.10 Å². The maximum absolute atomic E-state index is 10.6. The minimum Gasteiger partial charge on any atom is -0.487 e. The van der Waals surface area contributed by atoms with E-state index in [9.17, 15) is 5.11 Å². The van der Waals surface area contributed by atoms with Crippen LogP contribution in [-0.4, -0.2) is 44.2 Å². The SMILES string of the molecule is OC1CC2(CCN(c3ccc(-c4nnc(Oc5ccccc5)o4)nn3)CC2)Oc2ccccc21.